The average Bonchev–Trinajstić information content (AvgIpc) is 2.45. The standard InChI is InChI=1S/C18H20BrNO/c1-12(2)17(14-7-5-4-6-8-14)20-18(21)15-10-9-13(3)11-16(15)19/h4-12,17H,1-3H3,(H,20,21). The van der Waals surface area contributed by atoms with E-state index in [9.17, 15) is 4.79 Å². The number of carbonyl (C=O) groups is 1. The Hall–Kier alpha value is -1.61. The molecular weight excluding hydrogens is 326 g/mol. The molecule has 21 heavy (non-hydrogen) atoms. The van der Waals surface area contributed by atoms with E-state index in [0.29, 0.717) is 11.5 Å². The maximum atomic E-state index is 12.5. The van der Waals surface area contributed by atoms with Gasteiger partial charge < -0.3 is 5.32 Å². The first kappa shape index (κ1) is 15.8. The van der Waals surface area contributed by atoms with Gasteiger partial charge in [-0.1, -0.05) is 50.2 Å². The van der Waals surface area contributed by atoms with Gasteiger partial charge in [0.15, 0.2) is 0 Å². The molecule has 0 aromatic heterocycles. The van der Waals surface area contributed by atoms with E-state index < -0.39 is 0 Å². The minimum absolute atomic E-state index is 0.00639. The molecule has 2 nitrogen and oxygen atoms in total. The van der Waals surface area contributed by atoms with Crippen LogP contribution < -0.4 is 5.32 Å². The molecule has 0 fully saturated rings. The lowest BCUT2D eigenvalue weighted by Gasteiger charge is -2.23. The van der Waals surface area contributed by atoms with Crippen molar-refractivity contribution in [3.8, 4) is 0 Å². The molecule has 0 bridgehead atoms. The smallest absolute Gasteiger partial charge is 0.252 e. The van der Waals surface area contributed by atoms with Crippen LogP contribution in [0.25, 0.3) is 0 Å². The van der Waals surface area contributed by atoms with Crippen LogP contribution >= 0.6 is 15.9 Å². The van der Waals surface area contributed by atoms with Gasteiger partial charge in [0.25, 0.3) is 5.91 Å². The minimum atomic E-state index is -0.0515. The summed E-state index contributed by atoms with van der Waals surface area (Å²) < 4.78 is 0.829. The number of carbonyl (C=O) groups excluding carboxylic acids is 1. The summed E-state index contributed by atoms with van der Waals surface area (Å²) in [5.41, 5.74) is 2.92. The van der Waals surface area contributed by atoms with Gasteiger partial charge in [-0.15, -0.1) is 0 Å². The van der Waals surface area contributed by atoms with E-state index in [1.165, 1.54) is 0 Å². The predicted molar refractivity (Wildman–Crippen MR) is 90.4 cm³/mol. The van der Waals surface area contributed by atoms with Crippen molar-refractivity contribution in [3.63, 3.8) is 0 Å². The van der Waals surface area contributed by atoms with Crippen molar-refractivity contribution in [2.24, 2.45) is 5.92 Å². The summed E-state index contributed by atoms with van der Waals surface area (Å²) in [4.78, 5) is 12.5. The molecule has 1 unspecified atom stereocenters. The van der Waals surface area contributed by atoms with Crippen LogP contribution in [0.4, 0.5) is 0 Å². The normalized spacial score (nSPS) is 12.2. The van der Waals surface area contributed by atoms with Crippen LogP contribution in [0.1, 0.15) is 41.4 Å². The second kappa shape index (κ2) is 6.90. The Morgan fingerprint density at radius 3 is 2.33 bits per heavy atom. The van der Waals surface area contributed by atoms with Gasteiger partial charge in [-0.2, -0.15) is 0 Å². The Balaban J connectivity index is 2.23. The van der Waals surface area contributed by atoms with Crippen LogP contribution in [0, 0.1) is 12.8 Å². The van der Waals surface area contributed by atoms with E-state index in [-0.39, 0.29) is 11.9 Å². The van der Waals surface area contributed by atoms with Crippen molar-refractivity contribution in [2.45, 2.75) is 26.8 Å². The van der Waals surface area contributed by atoms with Crippen molar-refractivity contribution < 1.29 is 4.79 Å². The molecule has 1 atom stereocenters. The lowest BCUT2D eigenvalue weighted by atomic mass is 9.95. The van der Waals surface area contributed by atoms with E-state index in [4.69, 9.17) is 0 Å². The van der Waals surface area contributed by atoms with Crippen molar-refractivity contribution in [2.75, 3.05) is 0 Å². The predicted octanol–water partition coefficient (Wildman–Crippen LogP) is 4.88. The Morgan fingerprint density at radius 2 is 1.76 bits per heavy atom. The molecule has 0 aliphatic heterocycles. The average molecular weight is 346 g/mol. The molecule has 1 N–H and O–H groups in total. The summed E-state index contributed by atoms with van der Waals surface area (Å²) >= 11 is 3.47. The number of nitrogens with one attached hydrogen (secondary N) is 1. The number of rotatable bonds is 4. The first-order valence-corrected chi connectivity index (χ1v) is 7.90. The Morgan fingerprint density at radius 1 is 1.10 bits per heavy atom. The summed E-state index contributed by atoms with van der Waals surface area (Å²) in [6.07, 6.45) is 0. The zero-order valence-corrected chi connectivity index (χ0v) is 14.1. The maximum Gasteiger partial charge on any atom is 0.252 e. The van der Waals surface area contributed by atoms with Gasteiger partial charge in [0, 0.05) is 4.47 Å². The largest absolute Gasteiger partial charge is 0.345 e. The Kier molecular flexibility index (Phi) is 5.18. The highest BCUT2D eigenvalue weighted by Crippen LogP contribution is 2.24. The summed E-state index contributed by atoms with van der Waals surface area (Å²) in [6.45, 7) is 6.23. The van der Waals surface area contributed by atoms with Gasteiger partial charge >= 0.3 is 0 Å². The number of benzene rings is 2. The lowest BCUT2D eigenvalue weighted by Crippen LogP contribution is -2.32. The summed E-state index contributed by atoms with van der Waals surface area (Å²) in [5.74, 6) is 0.269. The van der Waals surface area contributed by atoms with Crippen molar-refractivity contribution in [1.82, 2.24) is 5.32 Å². The van der Waals surface area contributed by atoms with Crippen LogP contribution in [-0.4, -0.2) is 5.91 Å². The molecule has 0 radical (unpaired) electrons. The second-order valence-electron chi connectivity index (χ2n) is 5.59. The monoisotopic (exact) mass is 345 g/mol. The Labute approximate surface area is 134 Å². The molecule has 2 rings (SSSR count). The zero-order chi connectivity index (χ0) is 15.4. The second-order valence-corrected chi connectivity index (χ2v) is 6.44. The molecule has 0 heterocycles. The highest BCUT2D eigenvalue weighted by molar-refractivity contribution is 9.10. The third-order valence-corrected chi connectivity index (χ3v) is 4.14. The molecule has 3 heteroatoms. The first-order valence-electron chi connectivity index (χ1n) is 7.11. The third kappa shape index (κ3) is 3.94. The molecular formula is C18H20BrNO. The molecule has 1 amide bonds. The van der Waals surface area contributed by atoms with E-state index >= 15 is 0 Å². The molecule has 0 aliphatic rings. The SMILES string of the molecule is Cc1ccc(C(=O)NC(c2ccccc2)C(C)C)c(Br)c1. The quantitative estimate of drug-likeness (QED) is 0.840. The van der Waals surface area contributed by atoms with Crippen LogP contribution in [0.5, 0.6) is 0 Å². The van der Waals surface area contributed by atoms with Gasteiger partial charge in [0.1, 0.15) is 0 Å². The van der Waals surface area contributed by atoms with Crippen LogP contribution in [0.3, 0.4) is 0 Å². The molecule has 2 aromatic rings. The van der Waals surface area contributed by atoms with E-state index in [0.717, 1.165) is 15.6 Å². The molecule has 0 spiro atoms. The van der Waals surface area contributed by atoms with Crippen molar-refractivity contribution in [1.29, 1.82) is 0 Å². The fourth-order valence-electron chi connectivity index (χ4n) is 2.32. The van der Waals surface area contributed by atoms with E-state index in [1.54, 1.807) is 0 Å². The number of hydrogen-bond donors (Lipinski definition) is 1. The number of hydrogen-bond acceptors (Lipinski definition) is 1. The van der Waals surface area contributed by atoms with Gasteiger partial charge in [-0.25, -0.2) is 0 Å². The fraction of sp³-hybridized carbons (Fsp3) is 0.278. The molecule has 0 saturated carbocycles. The van der Waals surface area contributed by atoms with Crippen LogP contribution in [0.15, 0.2) is 53.0 Å². The third-order valence-electron chi connectivity index (χ3n) is 3.48. The molecule has 0 saturated heterocycles. The first-order chi connectivity index (χ1) is 9.99. The summed E-state index contributed by atoms with van der Waals surface area (Å²) in [7, 11) is 0. The van der Waals surface area contributed by atoms with Gasteiger partial charge in [0.2, 0.25) is 0 Å². The van der Waals surface area contributed by atoms with Crippen LogP contribution in [0.2, 0.25) is 0 Å². The maximum absolute atomic E-state index is 12.5. The number of amides is 1. The fourth-order valence-corrected chi connectivity index (χ4v) is 2.99. The number of halogens is 1. The topological polar surface area (TPSA) is 29.1 Å². The zero-order valence-electron chi connectivity index (χ0n) is 12.6. The van der Waals surface area contributed by atoms with E-state index in [1.807, 2.05) is 43.3 Å². The molecule has 110 valence electrons. The summed E-state index contributed by atoms with van der Waals surface area (Å²) in [6, 6.07) is 15.9. The lowest BCUT2D eigenvalue weighted by molar-refractivity contribution is 0.0925. The minimum Gasteiger partial charge on any atom is -0.345 e. The Bertz CT molecular complexity index is 622. The highest BCUT2D eigenvalue weighted by Gasteiger charge is 2.20. The van der Waals surface area contributed by atoms with Crippen molar-refractivity contribution >= 4 is 21.8 Å². The van der Waals surface area contributed by atoms with Gasteiger partial charge in [-0.05, 0) is 52.0 Å². The molecule has 0 aliphatic carbocycles. The van der Waals surface area contributed by atoms with Crippen molar-refractivity contribution in [3.05, 3.63) is 69.7 Å². The molecule has 2 aromatic carbocycles. The van der Waals surface area contributed by atoms with Gasteiger partial charge in [0.05, 0.1) is 11.6 Å². The number of aryl methyl sites for hydroxylation is 1. The van der Waals surface area contributed by atoms with Gasteiger partial charge in [-0.3, -0.25) is 4.79 Å². The van der Waals surface area contributed by atoms with E-state index in [2.05, 4.69) is 47.2 Å². The highest BCUT2D eigenvalue weighted by atomic mass is 79.9. The van der Waals surface area contributed by atoms with Crippen LogP contribution in [-0.2, 0) is 0 Å². The summed E-state index contributed by atoms with van der Waals surface area (Å²) in [5, 5.41) is 3.14.